The van der Waals surface area contributed by atoms with Gasteiger partial charge in [-0.15, -0.1) is 11.8 Å². The number of thioether (sulfide) groups is 1. The van der Waals surface area contributed by atoms with Crippen molar-refractivity contribution in [3.63, 3.8) is 0 Å². The minimum absolute atomic E-state index is 0.589. The van der Waals surface area contributed by atoms with Gasteiger partial charge in [0.1, 0.15) is 6.54 Å². The van der Waals surface area contributed by atoms with Gasteiger partial charge in [0.15, 0.2) is 0 Å². The van der Waals surface area contributed by atoms with Gasteiger partial charge in [-0.1, -0.05) is 30.3 Å². The van der Waals surface area contributed by atoms with E-state index in [-0.39, 0.29) is 0 Å². The van der Waals surface area contributed by atoms with Crippen molar-refractivity contribution in [2.24, 2.45) is 0 Å². The molecule has 1 N–H and O–H groups in total. The molecule has 1 atom stereocenters. The number of hydrogen-bond acceptors (Lipinski definition) is 2. The predicted octanol–water partition coefficient (Wildman–Crippen LogP) is 4.00. The van der Waals surface area contributed by atoms with Gasteiger partial charge in [0, 0.05) is 4.90 Å². The monoisotopic (exact) mass is 313 g/mol. The van der Waals surface area contributed by atoms with Crippen LogP contribution in [0.15, 0.2) is 47.4 Å². The third-order valence-electron chi connectivity index (χ3n) is 2.87. The molecule has 0 aliphatic rings. The number of rotatable bonds is 4. The number of alkyl halides is 3. The van der Waals surface area contributed by atoms with E-state index in [9.17, 15) is 18.0 Å². The average Bonchev–Trinajstić information content (AvgIpc) is 2.43. The average molecular weight is 313 g/mol. The van der Waals surface area contributed by atoms with Crippen molar-refractivity contribution in [3.05, 3.63) is 42.5 Å². The lowest BCUT2D eigenvalue weighted by Gasteiger charge is -2.13. The SMILES string of the molecule is CC(Sc1ccc2ccccc2c1)C(=O)NCC(F)(F)F. The quantitative estimate of drug-likeness (QED) is 0.865. The van der Waals surface area contributed by atoms with E-state index in [4.69, 9.17) is 0 Å². The lowest BCUT2D eigenvalue weighted by Crippen LogP contribution is -2.37. The lowest BCUT2D eigenvalue weighted by molar-refractivity contribution is -0.137. The van der Waals surface area contributed by atoms with E-state index in [0.717, 1.165) is 15.7 Å². The number of carbonyl (C=O) groups excluding carboxylic acids is 1. The van der Waals surface area contributed by atoms with Gasteiger partial charge in [0.2, 0.25) is 5.91 Å². The largest absolute Gasteiger partial charge is 0.405 e. The fourth-order valence-corrected chi connectivity index (χ4v) is 2.77. The molecule has 0 aliphatic carbocycles. The predicted molar refractivity (Wildman–Crippen MR) is 78.3 cm³/mol. The normalized spacial score (nSPS) is 13.1. The van der Waals surface area contributed by atoms with Crippen LogP contribution in [0.4, 0.5) is 13.2 Å². The summed E-state index contributed by atoms with van der Waals surface area (Å²) in [4.78, 5) is 12.5. The van der Waals surface area contributed by atoms with Gasteiger partial charge in [0.25, 0.3) is 0 Å². The minimum Gasteiger partial charge on any atom is -0.346 e. The van der Waals surface area contributed by atoms with E-state index in [2.05, 4.69) is 0 Å². The van der Waals surface area contributed by atoms with Crippen LogP contribution in [0.5, 0.6) is 0 Å². The lowest BCUT2D eigenvalue weighted by atomic mass is 10.1. The molecule has 0 saturated heterocycles. The van der Waals surface area contributed by atoms with Crippen molar-refractivity contribution in [1.29, 1.82) is 0 Å². The Balaban J connectivity index is 2.00. The second kappa shape index (κ2) is 6.39. The number of halogens is 3. The summed E-state index contributed by atoms with van der Waals surface area (Å²) in [5.74, 6) is -0.620. The number of carbonyl (C=O) groups is 1. The highest BCUT2D eigenvalue weighted by atomic mass is 32.2. The van der Waals surface area contributed by atoms with E-state index in [0.29, 0.717) is 0 Å². The number of fused-ring (bicyclic) bond motifs is 1. The second-order valence-electron chi connectivity index (χ2n) is 4.60. The Bertz CT molecular complexity index is 642. The molecule has 2 nitrogen and oxygen atoms in total. The topological polar surface area (TPSA) is 29.1 Å². The molecule has 2 rings (SSSR count). The van der Waals surface area contributed by atoms with Crippen LogP contribution in [-0.2, 0) is 4.79 Å². The van der Waals surface area contributed by atoms with E-state index in [1.165, 1.54) is 11.8 Å². The number of benzene rings is 2. The van der Waals surface area contributed by atoms with Crippen LogP contribution >= 0.6 is 11.8 Å². The first-order chi connectivity index (χ1) is 9.85. The van der Waals surface area contributed by atoms with Crippen LogP contribution in [0, 0.1) is 0 Å². The highest BCUT2D eigenvalue weighted by molar-refractivity contribution is 8.00. The first kappa shape index (κ1) is 15.7. The molecule has 0 spiro atoms. The zero-order valence-electron chi connectivity index (χ0n) is 11.3. The van der Waals surface area contributed by atoms with Crippen molar-refractivity contribution in [2.45, 2.75) is 23.2 Å². The molecule has 0 aromatic heterocycles. The molecule has 0 heterocycles. The Hall–Kier alpha value is -1.69. The Morgan fingerprint density at radius 3 is 2.52 bits per heavy atom. The zero-order valence-corrected chi connectivity index (χ0v) is 12.1. The third-order valence-corrected chi connectivity index (χ3v) is 3.96. The van der Waals surface area contributed by atoms with Gasteiger partial charge >= 0.3 is 6.18 Å². The van der Waals surface area contributed by atoms with Crippen molar-refractivity contribution >= 4 is 28.4 Å². The van der Waals surface area contributed by atoms with Crippen molar-refractivity contribution in [2.75, 3.05) is 6.54 Å². The molecular formula is C15H14F3NOS. The fourth-order valence-electron chi connectivity index (χ4n) is 1.83. The summed E-state index contributed by atoms with van der Waals surface area (Å²) in [5.41, 5.74) is 0. The summed E-state index contributed by atoms with van der Waals surface area (Å²) in [6, 6.07) is 13.5. The molecule has 0 saturated carbocycles. The van der Waals surface area contributed by atoms with Crippen molar-refractivity contribution in [3.8, 4) is 0 Å². The summed E-state index contributed by atoms with van der Waals surface area (Å²) < 4.78 is 36.2. The van der Waals surface area contributed by atoms with Gasteiger partial charge < -0.3 is 5.32 Å². The molecule has 0 aliphatic heterocycles. The molecule has 112 valence electrons. The molecule has 0 fully saturated rings. The highest BCUT2D eigenvalue weighted by Crippen LogP contribution is 2.27. The Labute approximate surface area is 124 Å². The van der Waals surface area contributed by atoms with Gasteiger partial charge in [-0.25, -0.2) is 0 Å². The van der Waals surface area contributed by atoms with Crippen LogP contribution in [0.1, 0.15) is 6.92 Å². The van der Waals surface area contributed by atoms with E-state index >= 15 is 0 Å². The molecule has 0 bridgehead atoms. The summed E-state index contributed by atoms with van der Waals surface area (Å²) in [6.07, 6.45) is -4.39. The van der Waals surface area contributed by atoms with Crippen LogP contribution < -0.4 is 5.32 Å². The standard InChI is InChI=1S/C15H14F3NOS/c1-10(14(20)19-9-15(16,17)18)21-13-7-6-11-4-2-3-5-12(11)8-13/h2-8,10H,9H2,1H3,(H,19,20). The van der Waals surface area contributed by atoms with Gasteiger partial charge in [0.05, 0.1) is 5.25 Å². The Morgan fingerprint density at radius 2 is 1.86 bits per heavy atom. The number of nitrogens with one attached hydrogen (secondary N) is 1. The summed E-state index contributed by atoms with van der Waals surface area (Å²) >= 11 is 1.24. The van der Waals surface area contributed by atoms with Crippen molar-refractivity contribution < 1.29 is 18.0 Å². The minimum atomic E-state index is -4.39. The van der Waals surface area contributed by atoms with Crippen LogP contribution in [0.25, 0.3) is 10.8 Å². The van der Waals surface area contributed by atoms with E-state index < -0.39 is 23.9 Å². The number of amides is 1. The molecule has 6 heteroatoms. The summed E-state index contributed by atoms with van der Waals surface area (Å²) in [6.45, 7) is 0.292. The molecule has 21 heavy (non-hydrogen) atoms. The molecular weight excluding hydrogens is 299 g/mol. The first-order valence-electron chi connectivity index (χ1n) is 6.35. The molecule has 2 aromatic carbocycles. The maximum absolute atomic E-state index is 12.1. The van der Waals surface area contributed by atoms with Gasteiger partial charge in [-0.05, 0) is 29.8 Å². The molecule has 2 aromatic rings. The Morgan fingerprint density at radius 1 is 1.19 bits per heavy atom. The van der Waals surface area contributed by atoms with Crippen LogP contribution in [0.2, 0.25) is 0 Å². The summed E-state index contributed by atoms with van der Waals surface area (Å²) in [5, 5.41) is 3.42. The van der Waals surface area contributed by atoms with Gasteiger partial charge in [-0.3, -0.25) is 4.79 Å². The molecule has 1 unspecified atom stereocenters. The molecule has 0 radical (unpaired) electrons. The second-order valence-corrected chi connectivity index (χ2v) is 6.02. The highest BCUT2D eigenvalue weighted by Gasteiger charge is 2.28. The third kappa shape index (κ3) is 4.67. The Kier molecular flexibility index (Phi) is 4.77. The van der Waals surface area contributed by atoms with Gasteiger partial charge in [-0.2, -0.15) is 13.2 Å². The maximum atomic E-state index is 12.1. The smallest absolute Gasteiger partial charge is 0.346 e. The fraction of sp³-hybridized carbons (Fsp3) is 0.267. The van der Waals surface area contributed by atoms with E-state index in [1.807, 2.05) is 47.8 Å². The summed E-state index contributed by atoms with van der Waals surface area (Å²) in [7, 11) is 0. The molecule has 1 amide bonds. The van der Waals surface area contributed by atoms with Crippen molar-refractivity contribution in [1.82, 2.24) is 5.32 Å². The maximum Gasteiger partial charge on any atom is 0.405 e. The van der Waals surface area contributed by atoms with Crippen LogP contribution in [-0.4, -0.2) is 23.9 Å². The zero-order chi connectivity index (χ0) is 15.5. The van der Waals surface area contributed by atoms with E-state index in [1.54, 1.807) is 6.92 Å². The first-order valence-corrected chi connectivity index (χ1v) is 7.23. The number of hydrogen-bond donors (Lipinski definition) is 1. The van der Waals surface area contributed by atoms with Crippen LogP contribution in [0.3, 0.4) is 0 Å².